The average molecular weight is 515 g/mol. The predicted octanol–water partition coefficient (Wildman–Crippen LogP) is 4.28. The van der Waals surface area contributed by atoms with E-state index in [0.29, 0.717) is 16.4 Å². The number of anilines is 3. The number of halogens is 1. The number of nitrogens with one attached hydrogen (secondary N) is 1. The first-order valence-corrected chi connectivity index (χ1v) is 12.0. The van der Waals surface area contributed by atoms with Crippen molar-refractivity contribution >= 4 is 58.1 Å². The van der Waals surface area contributed by atoms with Crippen molar-refractivity contribution in [3.8, 4) is 0 Å². The fourth-order valence-corrected chi connectivity index (χ4v) is 5.75. The molecule has 3 heterocycles. The average Bonchev–Trinajstić information content (AvgIpc) is 3.37. The van der Waals surface area contributed by atoms with Crippen molar-refractivity contribution in [3.05, 3.63) is 99.6 Å². The van der Waals surface area contributed by atoms with Crippen LogP contribution in [0.4, 0.5) is 22.7 Å². The highest BCUT2D eigenvalue weighted by molar-refractivity contribution is 6.31. The standard InChI is InChI=1S/C27H19ClN4O5/c28-16-5-3-6-19(14-16)30-26(34)22-21-13-8-15-4-1-2-7-20(15)31(21)24(23(22)27(30)35)25(33)29-17-9-11-18(12-10-17)32(36)37/h1-14,21-24H,(H,29,33)/t21-,22-,23+,24+/m1/s1. The lowest BCUT2D eigenvalue weighted by molar-refractivity contribution is -0.384. The molecule has 3 aromatic carbocycles. The number of non-ortho nitro benzene ring substituents is 1. The monoisotopic (exact) mass is 514 g/mol. The van der Waals surface area contributed by atoms with E-state index in [9.17, 15) is 24.5 Å². The van der Waals surface area contributed by atoms with Gasteiger partial charge in [0.1, 0.15) is 6.04 Å². The molecule has 2 saturated heterocycles. The number of nitrogens with zero attached hydrogens (tertiary/aromatic N) is 3. The van der Waals surface area contributed by atoms with Crippen molar-refractivity contribution in [2.24, 2.45) is 11.8 Å². The molecule has 2 fully saturated rings. The number of nitro groups is 1. The van der Waals surface area contributed by atoms with Crippen LogP contribution in [0.5, 0.6) is 0 Å². The van der Waals surface area contributed by atoms with Crippen LogP contribution in [0.2, 0.25) is 5.02 Å². The van der Waals surface area contributed by atoms with Gasteiger partial charge in [-0.1, -0.05) is 48.0 Å². The Balaban J connectivity index is 1.41. The summed E-state index contributed by atoms with van der Waals surface area (Å²) in [6.07, 6.45) is 3.77. The number of hydrogen-bond donors (Lipinski definition) is 1. The third-order valence-corrected chi connectivity index (χ3v) is 7.33. The predicted molar refractivity (Wildman–Crippen MR) is 138 cm³/mol. The van der Waals surface area contributed by atoms with E-state index < -0.39 is 40.7 Å². The molecule has 10 heteroatoms. The molecule has 184 valence electrons. The molecule has 0 unspecified atom stereocenters. The zero-order valence-electron chi connectivity index (χ0n) is 19.2. The Morgan fingerprint density at radius 2 is 1.68 bits per heavy atom. The van der Waals surface area contributed by atoms with Crippen molar-refractivity contribution in [3.63, 3.8) is 0 Å². The van der Waals surface area contributed by atoms with Gasteiger partial charge in [0.25, 0.3) is 5.69 Å². The van der Waals surface area contributed by atoms with E-state index in [1.165, 1.54) is 24.3 Å². The summed E-state index contributed by atoms with van der Waals surface area (Å²) in [5.41, 5.74) is 2.22. The molecule has 3 aliphatic rings. The summed E-state index contributed by atoms with van der Waals surface area (Å²) in [5, 5.41) is 14.2. The van der Waals surface area contributed by atoms with E-state index in [1.54, 1.807) is 24.3 Å². The van der Waals surface area contributed by atoms with Gasteiger partial charge >= 0.3 is 0 Å². The highest BCUT2D eigenvalue weighted by atomic mass is 35.5. The maximum absolute atomic E-state index is 13.8. The lowest BCUT2D eigenvalue weighted by Gasteiger charge is -2.36. The summed E-state index contributed by atoms with van der Waals surface area (Å²) < 4.78 is 0. The van der Waals surface area contributed by atoms with Crippen LogP contribution in [0.1, 0.15) is 5.56 Å². The molecule has 3 aromatic rings. The van der Waals surface area contributed by atoms with Gasteiger partial charge < -0.3 is 10.2 Å². The highest BCUT2D eigenvalue weighted by Crippen LogP contribution is 2.49. The summed E-state index contributed by atoms with van der Waals surface area (Å²) in [5.74, 6) is -3.05. The minimum Gasteiger partial charge on any atom is -0.351 e. The van der Waals surface area contributed by atoms with Crippen molar-refractivity contribution in [2.45, 2.75) is 12.1 Å². The van der Waals surface area contributed by atoms with Gasteiger partial charge in [0.05, 0.1) is 28.5 Å². The van der Waals surface area contributed by atoms with E-state index in [1.807, 2.05) is 41.3 Å². The number of hydrogen-bond acceptors (Lipinski definition) is 6. The third kappa shape index (κ3) is 3.58. The molecule has 9 nitrogen and oxygen atoms in total. The SMILES string of the molecule is O=C(Nc1ccc([N+](=O)[O-])cc1)[C@@H]1[C@H]2C(=O)N(c3cccc(Cl)c3)C(=O)[C@@H]2[C@H]2C=Cc3ccccc3N21. The van der Waals surface area contributed by atoms with Crippen LogP contribution in [0, 0.1) is 22.0 Å². The van der Waals surface area contributed by atoms with Gasteiger partial charge in [0.2, 0.25) is 17.7 Å². The first-order valence-electron chi connectivity index (χ1n) is 11.6. The maximum atomic E-state index is 13.8. The Hall–Kier alpha value is -4.50. The highest BCUT2D eigenvalue weighted by Gasteiger charge is 2.64. The fraction of sp³-hybridized carbons (Fsp3) is 0.148. The second kappa shape index (κ2) is 8.56. The molecule has 3 amide bonds. The molecular formula is C27H19ClN4O5. The Bertz CT molecular complexity index is 1500. The minimum absolute atomic E-state index is 0.109. The van der Waals surface area contributed by atoms with Crippen molar-refractivity contribution < 1.29 is 19.3 Å². The lowest BCUT2D eigenvalue weighted by Crippen LogP contribution is -2.50. The lowest BCUT2D eigenvalue weighted by atomic mass is 9.88. The number of para-hydroxylation sites is 1. The van der Waals surface area contributed by atoms with Gasteiger partial charge in [0.15, 0.2) is 0 Å². The summed E-state index contributed by atoms with van der Waals surface area (Å²) in [6.45, 7) is 0. The summed E-state index contributed by atoms with van der Waals surface area (Å²) in [7, 11) is 0. The number of carbonyl (C=O) groups is 3. The molecule has 3 aliphatic heterocycles. The van der Waals surface area contributed by atoms with Crippen LogP contribution >= 0.6 is 11.6 Å². The van der Waals surface area contributed by atoms with Crippen LogP contribution in [0.25, 0.3) is 6.08 Å². The van der Waals surface area contributed by atoms with E-state index in [-0.39, 0.29) is 11.6 Å². The van der Waals surface area contributed by atoms with Gasteiger partial charge in [-0.25, -0.2) is 4.90 Å². The quantitative estimate of drug-likeness (QED) is 0.316. The Kier molecular flexibility index (Phi) is 5.31. The summed E-state index contributed by atoms with van der Waals surface area (Å²) >= 11 is 6.13. The zero-order valence-corrected chi connectivity index (χ0v) is 19.9. The number of carbonyl (C=O) groups excluding carboxylic acids is 3. The summed E-state index contributed by atoms with van der Waals surface area (Å²) in [4.78, 5) is 54.7. The Morgan fingerprint density at radius 1 is 0.946 bits per heavy atom. The van der Waals surface area contributed by atoms with Crippen LogP contribution in [0.3, 0.4) is 0 Å². The van der Waals surface area contributed by atoms with E-state index in [2.05, 4.69) is 5.32 Å². The van der Waals surface area contributed by atoms with Gasteiger partial charge in [-0.3, -0.25) is 24.5 Å². The number of benzene rings is 3. The molecule has 37 heavy (non-hydrogen) atoms. The molecule has 0 aliphatic carbocycles. The number of fused-ring (bicyclic) bond motifs is 5. The largest absolute Gasteiger partial charge is 0.351 e. The topological polar surface area (TPSA) is 113 Å². The van der Waals surface area contributed by atoms with Crippen LogP contribution < -0.4 is 15.1 Å². The van der Waals surface area contributed by atoms with Gasteiger partial charge in [-0.05, 0) is 42.0 Å². The Labute approximate surface area is 216 Å². The second-order valence-electron chi connectivity index (χ2n) is 9.10. The minimum atomic E-state index is -0.989. The first-order chi connectivity index (χ1) is 17.8. The van der Waals surface area contributed by atoms with Gasteiger partial charge in [-0.15, -0.1) is 0 Å². The fourth-order valence-electron chi connectivity index (χ4n) is 5.57. The van der Waals surface area contributed by atoms with E-state index >= 15 is 0 Å². The molecule has 0 bridgehead atoms. The van der Waals surface area contributed by atoms with Crippen LogP contribution in [-0.4, -0.2) is 34.7 Å². The van der Waals surface area contributed by atoms with Crippen molar-refractivity contribution in [2.75, 3.05) is 15.1 Å². The zero-order chi connectivity index (χ0) is 25.8. The molecule has 0 saturated carbocycles. The molecule has 0 spiro atoms. The molecule has 0 aromatic heterocycles. The molecule has 1 N–H and O–H groups in total. The van der Waals surface area contributed by atoms with Crippen molar-refractivity contribution in [1.82, 2.24) is 0 Å². The normalized spacial score (nSPS) is 23.5. The van der Waals surface area contributed by atoms with Gasteiger partial charge in [0, 0.05) is 28.5 Å². The van der Waals surface area contributed by atoms with E-state index in [4.69, 9.17) is 11.6 Å². The Morgan fingerprint density at radius 3 is 2.41 bits per heavy atom. The van der Waals surface area contributed by atoms with Gasteiger partial charge in [-0.2, -0.15) is 0 Å². The second-order valence-corrected chi connectivity index (χ2v) is 9.53. The van der Waals surface area contributed by atoms with Crippen LogP contribution in [0.15, 0.2) is 78.9 Å². The third-order valence-electron chi connectivity index (χ3n) is 7.10. The molecular weight excluding hydrogens is 496 g/mol. The molecule has 0 radical (unpaired) electrons. The molecule has 4 atom stereocenters. The molecule has 6 rings (SSSR count). The number of imide groups is 1. The number of amides is 3. The summed E-state index contributed by atoms with van der Waals surface area (Å²) in [6, 6.07) is 17.9. The smallest absolute Gasteiger partial charge is 0.269 e. The maximum Gasteiger partial charge on any atom is 0.269 e. The first kappa shape index (κ1) is 22.9. The number of rotatable bonds is 4. The van der Waals surface area contributed by atoms with Crippen LogP contribution in [-0.2, 0) is 14.4 Å². The van der Waals surface area contributed by atoms with E-state index in [0.717, 1.165) is 16.2 Å². The van der Waals surface area contributed by atoms with Crippen molar-refractivity contribution in [1.29, 1.82) is 0 Å². The number of nitro benzene ring substituents is 1.